The van der Waals surface area contributed by atoms with Crippen LogP contribution in [0.5, 0.6) is 5.75 Å². The van der Waals surface area contributed by atoms with E-state index >= 15 is 0 Å². The number of ether oxygens (including phenoxy) is 1. The minimum absolute atomic E-state index is 0.382. The molecule has 0 fully saturated rings. The fourth-order valence-corrected chi connectivity index (χ4v) is 2.03. The van der Waals surface area contributed by atoms with E-state index in [0.29, 0.717) is 11.4 Å². The molecule has 0 radical (unpaired) electrons. The molecule has 0 atom stereocenters. The summed E-state index contributed by atoms with van der Waals surface area (Å²) in [6.07, 6.45) is -0.593. The molecule has 1 heterocycles. The number of nitrogens with one attached hydrogen (secondary N) is 1. The SMILES string of the molecule is C=CC1=Cc2ccc(NCC(F)(F)F)cc2OC1(C)C. The molecule has 0 bridgehead atoms. The fraction of sp³-hybridized carbons (Fsp3) is 0.333. The van der Waals surface area contributed by atoms with Gasteiger partial charge < -0.3 is 10.1 Å². The lowest BCUT2D eigenvalue weighted by Crippen LogP contribution is -2.32. The van der Waals surface area contributed by atoms with Gasteiger partial charge in [0.05, 0.1) is 0 Å². The zero-order valence-corrected chi connectivity index (χ0v) is 11.3. The smallest absolute Gasteiger partial charge is 0.405 e. The Morgan fingerprint density at radius 2 is 2.05 bits per heavy atom. The standard InChI is InChI=1S/C15H16F3NO/c1-4-11-7-10-5-6-12(19-9-15(16,17)18)8-13(10)20-14(11,2)3/h4-8,19H,1,9H2,2-3H3. The van der Waals surface area contributed by atoms with Gasteiger partial charge in [0.1, 0.15) is 17.9 Å². The van der Waals surface area contributed by atoms with Crippen LogP contribution in [0.25, 0.3) is 6.08 Å². The van der Waals surface area contributed by atoms with Crippen LogP contribution in [0.2, 0.25) is 0 Å². The van der Waals surface area contributed by atoms with E-state index in [-0.39, 0.29) is 0 Å². The lowest BCUT2D eigenvalue weighted by molar-refractivity contribution is -0.115. The van der Waals surface area contributed by atoms with Crippen LogP contribution >= 0.6 is 0 Å². The molecule has 0 saturated carbocycles. The maximum atomic E-state index is 12.2. The molecular formula is C15H16F3NO. The van der Waals surface area contributed by atoms with E-state index in [1.165, 1.54) is 0 Å². The molecule has 0 aliphatic carbocycles. The molecule has 0 aromatic heterocycles. The minimum atomic E-state index is -4.24. The molecule has 5 heteroatoms. The van der Waals surface area contributed by atoms with Gasteiger partial charge in [0.2, 0.25) is 0 Å². The first-order chi connectivity index (χ1) is 9.21. The number of alkyl halides is 3. The molecule has 0 saturated heterocycles. The van der Waals surface area contributed by atoms with Crippen LogP contribution in [-0.4, -0.2) is 18.3 Å². The molecule has 1 aromatic rings. The fourth-order valence-electron chi connectivity index (χ4n) is 2.03. The van der Waals surface area contributed by atoms with Gasteiger partial charge in [-0.1, -0.05) is 12.7 Å². The summed E-state index contributed by atoms with van der Waals surface area (Å²) in [6, 6.07) is 4.91. The summed E-state index contributed by atoms with van der Waals surface area (Å²) in [7, 11) is 0. The topological polar surface area (TPSA) is 21.3 Å². The Morgan fingerprint density at radius 3 is 2.65 bits per heavy atom. The van der Waals surface area contributed by atoms with E-state index in [0.717, 1.165) is 11.1 Å². The summed E-state index contributed by atoms with van der Waals surface area (Å²) < 4.78 is 42.4. The number of hydrogen-bond donors (Lipinski definition) is 1. The third-order valence-corrected chi connectivity index (χ3v) is 3.10. The second-order valence-electron chi connectivity index (χ2n) is 5.14. The highest BCUT2D eigenvalue weighted by atomic mass is 19.4. The van der Waals surface area contributed by atoms with Crippen molar-refractivity contribution in [1.82, 2.24) is 0 Å². The maximum Gasteiger partial charge on any atom is 0.405 e. The Hall–Kier alpha value is -1.91. The van der Waals surface area contributed by atoms with Gasteiger partial charge in [-0.15, -0.1) is 0 Å². The summed E-state index contributed by atoms with van der Waals surface area (Å²) >= 11 is 0. The van der Waals surface area contributed by atoms with Gasteiger partial charge in [-0.3, -0.25) is 0 Å². The van der Waals surface area contributed by atoms with E-state index < -0.39 is 18.3 Å². The number of benzene rings is 1. The maximum absolute atomic E-state index is 12.2. The van der Waals surface area contributed by atoms with Crippen LogP contribution in [0.15, 0.2) is 36.4 Å². The van der Waals surface area contributed by atoms with Crippen molar-refractivity contribution in [3.63, 3.8) is 0 Å². The Kier molecular flexibility index (Phi) is 3.54. The predicted octanol–water partition coefficient (Wildman–Crippen LogP) is 4.40. The second kappa shape index (κ2) is 4.89. The molecule has 2 nitrogen and oxygen atoms in total. The van der Waals surface area contributed by atoms with E-state index in [4.69, 9.17) is 4.74 Å². The van der Waals surface area contributed by atoms with Crippen molar-refractivity contribution < 1.29 is 17.9 Å². The molecule has 1 aliphatic heterocycles. The first kappa shape index (κ1) is 14.5. The Balaban J connectivity index is 2.26. The second-order valence-corrected chi connectivity index (χ2v) is 5.14. The molecule has 0 amide bonds. The van der Waals surface area contributed by atoms with Crippen molar-refractivity contribution in [2.45, 2.75) is 25.6 Å². The van der Waals surface area contributed by atoms with Gasteiger partial charge in [-0.2, -0.15) is 13.2 Å². The highest BCUT2D eigenvalue weighted by Gasteiger charge is 2.29. The minimum Gasteiger partial charge on any atom is -0.482 e. The lowest BCUT2D eigenvalue weighted by Gasteiger charge is -2.32. The van der Waals surface area contributed by atoms with Crippen LogP contribution in [0.4, 0.5) is 18.9 Å². The zero-order chi connectivity index (χ0) is 15.0. The van der Waals surface area contributed by atoms with Crippen molar-refractivity contribution in [3.05, 3.63) is 42.0 Å². The highest BCUT2D eigenvalue weighted by molar-refractivity contribution is 5.69. The van der Waals surface area contributed by atoms with E-state index in [2.05, 4.69) is 11.9 Å². The number of fused-ring (bicyclic) bond motifs is 1. The number of rotatable bonds is 3. The summed E-state index contributed by atoms with van der Waals surface area (Å²) in [5.74, 6) is 0.563. The molecular weight excluding hydrogens is 267 g/mol. The van der Waals surface area contributed by atoms with Crippen LogP contribution in [0.1, 0.15) is 19.4 Å². The molecule has 20 heavy (non-hydrogen) atoms. The van der Waals surface area contributed by atoms with Crippen LogP contribution < -0.4 is 10.1 Å². The van der Waals surface area contributed by atoms with Crippen LogP contribution in [0, 0.1) is 0 Å². The van der Waals surface area contributed by atoms with E-state index in [1.807, 2.05) is 19.9 Å². The quantitative estimate of drug-likeness (QED) is 0.887. The number of halogens is 3. The van der Waals surface area contributed by atoms with Crippen molar-refractivity contribution in [1.29, 1.82) is 0 Å². The average Bonchev–Trinajstić information content (AvgIpc) is 2.33. The van der Waals surface area contributed by atoms with Crippen LogP contribution in [-0.2, 0) is 0 Å². The lowest BCUT2D eigenvalue weighted by atomic mass is 9.92. The van der Waals surface area contributed by atoms with Gasteiger partial charge in [0.15, 0.2) is 0 Å². The van der Waals surface area contributed by atoms with E-state index in [1.54, 1.807) is 24.3 Å². The largest absolute Gasteiger partial charge is 0.482 e. The normalized spacial score (nSPS) is 16.8. The number of hydrogen-bond acceptors (Lipinski definition) is 2. The van der Waals surface area contributed by atoms with Gasteiger partial charge in [0, 0.05) is 17.3 Å². The Bertz CT molecular complexity index is 559. The summed E-state index contributed by atoms with van der Waals surface area (Å²) in [5.41, 5.74) is 1.60. The molecule has 0 unspecified atom stereocenters. The number of anilines is 1. The molecule has 1 aromatic carbocycles. The molecule has 0 spiro atoms. The third-order valence-electron chi connectivity index (χ3n) is 3.10. The first-order valence-electron chi connectivity index (χ1n) is 6.19. The summed E-state index contributed by atoms with van der Waals surface area (Å²) in [5, 5.41) is 2.34. The highest BCUT2D eigenvalue weighted by Crippen LogP contribution is 2.37. The van der Waals surface area contributed by atoms with Crippen molar-refractivity contribution in [2.75, 3.05) is 11.9 Å². The van der Waals surface area contributed by atoms with Gasteiger partial charge in [-0.25, -0.2) is 0 Å². The monoisotopic (exact) mass is 283 g/mol. The Labute approximate surface area is 115 Å². The molecule has 108 valence electrons. The average molecular weight is 283 g/mol. The summed E-state index contributed by atoms with van der Waals surface area (Å²) in [6.45, 7) is 6.45. The van der Waals surface area contributed by atoms with Crippen molar-refractivity contribution in [2.24, 2.45) is 0 Å². The van der Waals surface area contributed by atoms with Crippen molar-refractivity contribution in [3.8, 4) is 5.75 Å². The van der Waals surface area contributed by atoms with Gasteiger partial charge in [0.25, 0.3) is 0 Å². The molecule has 2 rings (SSSR count). The van der Waals surface area contributed by atoms with Crippen LogP contribution in [0.3, 0.4) is 0 Å². The van der Waals surface area contributed by atoms with E-state index in [9.17, 15) is 13.2 Å². The van der Waals surface area contributed by atoms with Gasteiger partial charge >= 0.3 is 6.18 Å². The van der Waals surface area contributed by atoms with Crippen molar-refractivity contribution >= 4 is 11.8 Å². The Morgan fingerprint density at radius 1 is 1.35 bits per heavy atom. The van der Waals surface area contributed by atoms with Gasteiger partial charge in [-0.05, 0) is 37.6 Å². The zero-order valence-electron chi connectivity index (χ0n) is 11.3. The third kappa shape index (κ3) is 3.15. The summed E-state index contributed by atoms with van der Waals surface area (Å²) in [4.78, 5) is 0. The predicted molar refractivity (Wildman–Crippen MR) is 73.9 cm³/mol. The first-order valence-corrected chi connectivity index (χ1v) is 6.19. The molecule has 1 N–H and O–H groups in total. The molecule has 1 aliphatic rings.